The van der Waals surface area contributed by atoms with E-state index in [-0.39, 0.29) is 19.0 Å². The molecule has 2 heterocycles. The molecule has 1 aromatic heterocycles. The molecule has 0 unspecified atom stereocenters. The number of amides is 1. The Morgan fingerprint density at radius 2 is 2.29 bits per heavy atom. The van der Waals surface area contributed by atoms with Crippen molar-refractivity contribution in [2.45, 2.75) is 13.0 Å². The summed E-state index contributed by atoms with van der Waals surface area (Å²) in [4.78, 5) is 29.4. The Kier molecular flexibility index (Phi) is 5.00. The van der Waals surface area contributed by atoms with E-state index in [9.17, 15) is 9.59 Å². The van der Waals surface area contributed by atoms with Crippen molar-refractivity contribution in [2.24, 2.45) is 0 Å². The van der Waals surface area contributed by atoms with Crippen molar-refractivity contribution < 1.29 is 14.3 Å². The van der Waals surface area contributed by atoms with Crippen LogP contribution in [0.2, 0.25) is 5.02 Å². The number of aryl methyl sites for hydroxylation is 1. The predicted octanol–water partition coefficient (Wildman–Crippen LogP) is 1.47. The molecule has 0 radical (unpaired) electrons. The zero-order valence-corrected chi connectivity index (χ0v) is 13.7. The molecule has 0 saturated heterocycles. The first-order chi connectivity index (χ1) is 11.6. The molecule has 0 atom stereocenters. The van der Waals surface area contributed by atoms with Crippen LogP contribution >= 0.6 is 11.6 Å². The molecule has 126 valence electrons. The molecule has 7 nitrogen and oxygen atoms in total. The first kappa shape index (κ1) is 16.3. The number of nitrogens with one attached hydrogen (secondary N) is 1. The number of carbonyl (C=O) groups is 2. The van der Waals surface area contributed by atoms with Gasteiger partial charge >= 0.3 is 5.97 Å². The van der Waals surface area contributed by atoms with Gasteiger partial charge in [-0.3, -0.25) is 4.79 Å². The minimum atomic E-state index is -0.391. The van der Waals surface area contributed by atoms with E-state index in [4.69, 9.17) is 16.3 Å². The lowest BCUT2D eigenvalue weighted by Crippen LogP contribution is -2.43. The SMILES string of the molecule is O=C(CN1CC(=O)Oc2ccc(Cl)cc21)NCCCn1ccnc1. The zero-order valence-electron chi connectivity index (χ0n) is 12.9. The third kappa shape index (κ3) is 4.05. The molecule has 0 fully saturated rings. The molecule has 8 heteroatoms. The quantitative estimate of drug-likeness (QED) is 0.486. The van der Waals surface area contributed by atoms with Crippen molar-refractivity contribution in [1.82, 2.24) is 14.9 Å². The van der Waals surface area contributed by atoms with Crippen molar-refractivity contribution >= 4 is 29.2 Å². The second kappa shape index (κ2) is 7.35. The predicted molar refractivity (Wildman–Crippen MR) is 89.2 cm³/mol. The molecule has 0 bridgehead atoms. The molecular formula is C16H17ClN4O3. The lowest BCUT2D eigenvalue weighted by molar-refractivity contribution is -0.133. The largest absolute Gasteiger partial charge is 0.423 e. The number of halogens is 1. The van der Waals surface area contributed by atoms with Crippen LogP contribution in [0.5, 0.6) is 5.75 Å². The molecule has 1 aromatic carbocycles. The van der Waals surface area contributed by atoms with Gasteiger partial charge in [-0.2, -0.15) is 0 Å². The minimum Gasteiger partial charge on any atom is -0.423 e. The number of esters is 1. The van der Waals surface area contributed by atoms with Gasteiger partial charge in [-0.15, -0.1) is 0 Å². The van der Waals surface area contributed by atoms with E-state index in [0.29, 0.717) is 23.0 Å². The van der Waals surface area contributed by atoms with Gasteiger partial charge in [0, 0.05) is 30.5 Å². The minimum absolute atomic E-state index is 0.0236. The summed E-state index contributed by atoms with van der Waals surface area (Å²) >= 11 is 5.99. The molecule has 1 aliphatic rings. The summed E-state index contributed by atoms with van der Waals surface area (Å²) in [6.07, 6.45) is 6.13. The lowest BCUT2D eigenvalue weighted by Gasteiger charge is -2.29. The summed E-state index contributed by atoms with van der Waals surface area (Å²) < 4.78 is 7.11. The number of imidazole rings is 1. The van der Waals surface area contributed by atoms with E-state index in [1.807, 2.05) is 10.8 Å². The maximum atomic E-state index is 12.1. The van der Waals surface area contributed by atoms with Gasteiger partial charge in [0.15, 0.2) is 5.75 Å². The highest BCUT2D eigenvalue weighted by molar-refractivity contribution is 6.31. The molecule has 0 saturated carbocycles. The Bertz CT molecular complexity index is 733. The molecule has 1 N–H and O–H groups in total. The summed E-state index contributed by atoms with van der Waals surface area (Å²) in [6, 6.07) is 4.97. The number of ether oxygens (including phenoxy) is 1. The number of aromatic nitrogens is 2. The van der Waals surface area contributed by atoms with Crippen LogP contribution in [-0.2, 0) is 16.1 Å². The van der Waals surface area contributed by atoms with E-state index < -0.39 is 5.97 Å². The van der Waals surface area contributed by atoms with Crippen molar-refractivity contribution in [3.05, 3.63) is 41.9 Å². The Hall–Kier alpha value is -2.54. The second-order valence-corrected chi connectivity index (χ2v) is 5.88. The maximum absolute atomic E-state index is 12.1. The molecule has 0 spiro atoms. The monoisotopic (exact) mass is 348 g/mol. The van der Waals surface area contributed by atoms with Gasteiger partial charge in [0.05, 0.1) is 18.6 Å². The molecule has 1 aliphatic heterocycles. The highest BCUT2D eigenvalue weighted by Crippen LogP contribution is 2.34. The van der Waals surface area contributed by atoms with Crippen molar-refractivity contribution in [1.29, 1.82) is 0 Å². The van der Waals surface area contributed by atoms with Gasteiger partial charge in [-0.25, -0.2) is 9.78 Å². The average Bonchev–Trinajstić information content (AvgIpc) is 3.05. The van der Waals surface area contributed by atoms with Crippen LogP contribution < -0.4 is 15.0 Å². The zero-order chi connectivity index (χ0) is 16.9. The van der Waals surface area contributed by atoms with Gasteiger partial charge < -0.3 is 19.5 Å². The average molecular weight is 349 g/mol. The van der Waals surface area contributed by atoms with Gasteiger partial charge in [0.1, 0.15) is 6.54 Å². The Morgan fingerprint density at radius 3 is 3.08 bits per heavy atom. The highest BCUT2D eigenvalue weighted by Gasteiger charge is 2.25. The Balaban J connectivity index is 1.52. The fourth-order valence-corrected chi connectivity index (χ4v) is 2.66. The first-order valence-electron chi connectivity index (χ1n) is 7.59. The third-order valence-corrected chi connectivity index (χ3v) is 3.85. The summed E-state index contributed by atoms with van der Waals surface area (Å²) in [5.41, 5.74) is 0.649. The molecule has 1 amide bonds. The number of hydrogen-bond acceptors (Lipinski definition) is 5. The smallest absolute Gasteiger partial charge is 0.331 e. The van der Waals surface area contributed by atoms with Crippen molar-refractivity contribution in [3.8, 4) is 5.75 Å². The number of anilines is 1. The number of fused-ring (bicyclic) bond motifs is 1. The van der Waals surface area contributed by atoms with Gasteiger partial charge in [-0.1, -0.05) is 11.6 Å². The standard InChI is InChI=1S/C16H17ClN4O3/c17-12-2-3-14-13(8-12)21(10-16(23)24-14)9-15(22)19-4-1-6-20-7-5-18-11-20/h2-3,5,7-8,11H,1,4,6,9-10H2,(H,19,22). The summed E-state index contributed by atoms with van der Waals surface area (Å²) in [5.74, 6) is -0.123. The van der Waals surface area contributed by atoms with E-state index in [1.54, 1.807) is 35.6 Å². The van der Waals surface area contributed by atoms with Gasteiger partial charge in [0.25, 0.3) is 0 Å². The van der Waals surface area contributed by atoms with Crippen LogP contribution in [-0.4, -0.2) is 41.1 Å². The Morgan fingerprint density at radius 1 is 1.42 bits per heavy atom. The molecule has 2 aromatic rings. The van der Waals surface area contributed by atoms with Crippen molar-refractivity contribution in [2.75, 3.05) is 24.5 Å². The fraction of sp³-hybridized carbons (Fsp3) is 0.312. The van der Waals surface area contributed by atoms with E-state index in [1.165, 1.54) is 0 Å². The van der Waals surface area contributed by atoms with Crippen LogP contribution in [0.4, 0.5) is 5.69 Å². The van der Waals surface area contributed by atoms with Crippen LogP contribution in [0.15, 0.2) is 36.9 Å². The van der Waals surface area contributed by atoms with Crippen LogP contribution in [0.3, 0.4) is 0 Å². The summed E-state index contributed by atoms with van der Waals surface area (Å²) in [7, 11) is 0. The molecular weight excluding hydrogens is 332 g/mol. The Labute approximate surface area is 144 Å². The van der Waals surface area contributed by atoms with Gasteiger partial charge in [-0.05, 0) is 24.6 Å². The topological polar surface area (TPSA) is 76.5 Å². The second-order valence-electron chi connectivity index (χ2n) is 5.45. The summed E-state index contributed by atoms with van der Waals surface area (Å²) in [6.45, 7) is 1.44. The summed E-state index contributed by atoms with van der Waals surface area (Å²) in [5, 5.41) is 3.38. The number of nitrogens with zero attached hydrogens (tertiary/aromatic N) is 3. The van der Waals surface area contributed by atoms with E-state index >= 15 is 0 Å². The fourth-order valence-electron chi connectivity index (χ4n) is 2.50. The lowest BCUT2D eigenvalue weighted by atomic mass is 10.2. The molecule has 24 heavy (non-hydrogen) atoms. The normalized spacial score (nSPS) is 13.4. The number of carbonyl (C=O) groups excluding carboxylic acids is 2. The van der Waals surface area contributed by atoms with Crippen LogP contribution in [0.25, 0.3) is 0 Å². The maximum Gasteiger partial charge on any atom is 0.331 e. The first-order valence-corrected chi connectivity index (χ1v) is 7.97. The van der Waals surface area contributed by atoms with Crippen LogP contribution in [0, 0.1) is 0 Å². The van der Waals surface area contributed by atoms with Crippen molar-refractivity contribution in [3.63, 3.8) is 0 Å². The number of hydrogen-bond donors (Lipinski definition) is 1. The number of benzene rings is 1. The highest BCUT2D eigenvalue weighted by atomic mass is 35.5. The van der Waals surface area contributed by atoms with E-state index in [0.717, 1.165) is 13.0 Å². The number of rotatable bonds is 6. The van der Waals surface area contributed by atoms with Gasteiger partial charge in [0.2, 0.25) is 5.91 Å². The molecule has 3 rings (SSSR count). The third-order valence-electron chi connectivity index (χ3n) is 3.61. The molecule has 0 aliphatic carbocycles. The van der Waals surface area contributed by atoms with Crippen LogP contribution in [0.1, 0.15) is 6.42 Å². The van der Waals surface area contributed by atoms with E-state index in [2.05, 4.69) is 10.3 Å².